The van der Waals surface area contributed by atoms with Crippen molar-refractivity contribution in [2.45, 2.75) is 70.5 Å². The van der Waals surface area contributed by atoms with E-state index in [1.807, 2.05) is 0 Å². The molecule has 80 valence electrons. The van der Waals surface area contributed by atoms with E-state index in [1.165, 1.54) is 44.9 Å². The van der Waals surface area contributed by atoms with Gasteiger partial charge in [-0.3, -0.25) is 0 Å². The molecule has 0 aromatic carbocycles. The first-order chi connectivity index (χ1) is 6.18. The Morgan fingerprint density at radius 3 is 2.00 bits per heavy atom. The lowest BCUT2D eigenvalue weighted by molar-refractivity contribution is 0.484. The Hall–Kier alpha value is 0.480. The van der Waals surface area contributed by atoms with Gasteiger partial charge in [0.2, 0.25) is 0 Å². The molecule has 0 aliphatic rings. The summed E-state index contributed by atoms with van der Waals surface area (Å²) in [5.41, 5.74) is 0. The average molecular weight is 249 g/mol. The van der Waals surface area contributed by atoms with Gasteiger partial charge in [-0.1, -0.05) is 75.2 Å². The molecule has 0 nitrogen and oxygen atoms in total. The first-order valence-corrected chi connectivity index (χ1v) is 6.74. The van der Waals surface area contributed by atoms with E-state index in [1.54, 1.807) is 0 Å². The molecule has 13 heavy (non-hydrogen) atoms. The molecular formula is C12H25Br. The van der Waals surface area contributed by atoms with Gasteiger partial charge in [-0.25, -0.2) is 0 Å². The summed E-state index contributed by atoms with van der Waals surface area (Å²) < 4.78 is 0. The van der Waals surface area contributed by atoms with Crippen molar-refractivity contribution in [2.75, 3.05) is 0 Å². The van der Waals surface area contributed by atoms with Crippen molar-refractivity contribution in [3.05, 3.63) is 0 Å². The fourth-order valence-electron chi connectivity index (χ4n) is 1.48. The van der Waals surface area contributed by atoms with Crippen LogP contribution in [0.3, 0.4) is 0 Å². The van der Waals surface area contributed by atoms with Crippen LogP contribution in [0.5, 0.6) is 0 Å². The Kier molecular flexibility index (Phi) is 9.39. The molecule has 0 saturated carbocycles. The van der Waals surface area contributed by atoms with Gasteiger partial charge in [0.15, 0.2) is 0 Å². The maximum atomic E-state index is 3.63. The molecule has 2 unspecified atom stereocenters. The molecule has 0 amide bonds. The molecule has 0 fully saturated rings. The van der Waals surface area contributed by atoms with Crippen molar-refractivity contribution in [3.63, 3.8) is 0 Å². The van der Waals surface area contributed by atoms with Gasteiger partial charge in [0.25, 0.3) is 0 Å². The average Bonchev–Trinajstić information content (AvgIpc) is 2.10. The molecule has 0 aromatic heterocycles. The number of rotatable bonds is 8. The second-order valence-corrected chi connectivity index (χ2v) is 5.66. The quantitative estimate of drug-likeness (QED) is 0.412. The lowest BCUT2D eigenvalue weighted by Crippen LogP contribution is -2.05. The Balaban J connectivity index is 3.07. The lowest BCUT2D eigenvalue weighted by Gasteiger charge is -2.13. The van der Waals surface area contributed by atoms with E-state index in [2.05, 4.69) is 36.7 Å². The molecule has 0 aliphatic heterocycles. The van der Waals surface area contributed by atoms with E-state index in [4.69, 9.17) is 0 Å². The largest absolute Gasteiger partial charge is 0.0891 e. The SMILES string of the molecule is CCCCCCCCC(C)C(C)Br. The highest BCUT2D eigenvalue weighted by atomic mass is 79.9. The standard InChI is InChI=1S/C12H25Br/c1-4-5-6-7-8-9-10-11(2)12(3)13/h11-12H,4-10H2,1-3H3. The molecule has 0 aromatic rings. The second kappa shape index (κ2) is 9.05. The molecular weight excluding hydrogens is 224 g/mol. The van der Waals surface area contributed by atoms with Crippen molar-refractivity contribution in [3.8, 4) is 0 Å². The Labute approximate surface area is 92.6 Å². The Morgan fingerprint density at radius 1 is 0.923 bits per heavy atom. The van der Waals surface area contributed by atoms with Gasteiger partial charge in [-0.2, -0.15) is 0 Å². The summed E-state index contributed by atoms with van der Waals surface area (Å²) in [6, 6.07) is 0. The highest BCUT2D eigenvalue weighted by molar-refractivity contribution is 9.09. The zero-order valence-electron chi connectivity index (χ0n) is 9.48. The number of hydrogen-bond donors (Lipinski definition) is 0. The molecule has 0 N–H and O–H groups in total. The highest BCUT2D eigenvalue weighted by Gasteiger charge is 2.07. The van der Waals surface area contributed by atoms with Gasteiger partial charge in [-0.05, 0) is 12.3 Å². The zero-order chi connectivity index (χ0) is 10.1. The van der Waals surface area contributed by atoms with E-state index in [0.29, 0.717) is 4.83 Å². The highest BCUT2D eigenvalue weighted by Crippen LogP contribution is 2.19. The summed E-state index contributed by atoms with van der Waals surface area (Å²) in [7, 11) is 0. The fourth-order valence-corrected chi connectivity index (χ4v) is 1.74. The van der Waals surface area contributed by atoms with Crippen molar-refractivity contribution in [1.29, 1.82) is 0 Å². The summed E-state index contributed by atoms with van der Waals surface area (Å²) >= 11 is 3.63. The van der Waals surface area contributed by atoms with Crippen LogP contribution in [0.2, 0.25) is 0 Å². The number of alkyl halides is 1. The van der Waals surface area contributed by atoms with Crippen LogP contribution in [0.15, 0.2) is 0 Å². The summed E-state index contributed by atoms with van der Waals surface area (Å²) in [6.45, 7) is 6.86. The normalized spacial score (nSPS) is 15.7. The molecule has 0 bridgehead atoms. The maximum absolute atomic E-state index is 3.63. The Morgan fingerprint density at radius 2 is 1.46 bits per heavy atom. The topological polar surface area (TPSA) is 0 Å². The van der Waals surface area contributed by atoms with Gasteiger partial charge in [-0.15, -0.1) is 0 Å². The number of unbranched alkanes of at least 4 members (excludes halogenated alkanes) is 5. The lowest BCUT2D eigenvalue weighted by atomic mass is 10.00. The third-order valence-electron chi connectivity index (χ3n) is 2.80. The van der Waals surface area contributed by atoms with E-state index in [9.17, 15) is 0 Å². The maximum Gasteiger partial charge on any atom is 0.0143 e. The molecule has 2 atom stereocenters. The minimum absolute atomic E-state index is 0.683. The third-order valence-corrected chi connectivity index (χ3v) is 3.70. The molecule has 0 rings (SSSR count). The molecule has 0 aliphatic carbocycles. The first-order valence-electron chi connectivity index (χ1n) is 5.82. The predicted molar refractivity (Wildman–Crippen MR) is 65.5 cm³/mol. The zero-order valence-corrected chi connectivity index (χ0v) is 11.1. The van der Waals surface area contributed by atoms with E-state index < -0.39 is 0 Å². The third kappa shape index (κ3) is 8.80. The van der Waals surface area contributed by atoms with Crippen LogP contribution in [0, 0.1) is 5.92 Å². The first kappa shape index (κ1) is 13.5. The van der Waals surface area contributed by atoms with Gasteiger partial charge < -0.3 is 0 Å². The van der Waals surface area contributed by atoms with Crippen molar-refractivity contribution >= 4 is 15.9 Å². The molecule has 1 heteroatoms. The smallest absolute Gasteiger partial charge is 0.0143 e. The van der Waals surface area contributed by atoms with Crippen LogP contribution < -0.4 is 0 Å². The minimum atomic E-state index is 0.683. The number of hydrogen-bond acceptors (Lipinski definition) is 0. The van der Waals surface area contributed by atoms with E-state index in [-0.39, 0.29) is 0 Å². The van der Waals surface area contributed by atoms with Gasteiger partial charge in [0, 0.05) is 4.83 Å². The van der Waals surface area contributed by atoms with Crippen molar-refractivity contribution in [2.24, 2.45) is 5.92 Å². The molecule has 0 radical (unpaired) electrons. The van der Waals surface area contributed by atoms with Crippen LogP contribution >= 0.6 is 15.9 Å². The van der Waals surface area contributed by atoms with E-state index >= 15 is 0 Å². The van der Waals surface area contributed by atoms with Crippen LogP contribution in [-0.2, 0) is 0 Å². The van der Waals surface area contributed by atoms with Crippen molar-refractivity contribution in [1.82, 2.24) is 0 Å². The second-order valence-electron chi connectivity index (χ2n) is 4.21. The van der Waals surface area contributed by atoms with Gasteiger partial charge >= 0.3 is 0 Å². The monoisotopic (exact) mass is 248 g/mol. The summed E-state index contributed by atoms with van der Waals surface area (Å²) in [6.07, 6.45) is 9.90. The molecule has 0 spiro atoms. The van der Waals surface area contributed by atoms with E-state index in [0.717, 1.165) is 5.92 Å². The summed E-state index contributed by atoms with van der Waals surface area (Å²) in [5, 5.41) is 0. The Bertz CT molecular complexity index is 99.3. The minimum Gasteiger partial charge on any atom is -0.0891 e. The van der Waals surface area contributed by atoms with Crippen LogP contribution in [0.4, 0.5) is 0 Å². The van der Waals surface area contributed by atoms with Gasteiger partial charge in [0.1, 0.15) is 0 Å². The van der Waals surface area contributed by atoms with Gasteiger partial charge in [0.05, 0.1) is 0 Å². The van der Waals surface area contributed by atoms with Crippen LogP contribution in [0.25, 0.3) is 0 Å². The fraction of sp³-hybridized carbons (Fsp3) is 1.00. The van der Waals surface area contributed by atoms with Crippen LogP contribution in [0.1, 0.15) is 65.7 Å². The number of halogens is 1. The predicted octanol–water partition coefficient (Wildman–Crippen LogP) is 5.16. The van der Waals surface area contributed by atoms with Crippen LogP contribution in [-0.4, -0.2) is 4.83 Å². The molecule has 0 heterocycles. The molecule has 0 saturated heterocycles. The summed E-state index contributed by atoms with van der Waals surface area (Å²) in [5.74, 6) is 0.839. The summed E-state index contributed by atoms with van der Waals surface area (Å²) in [4.78, 5) is 0.683. The van der Waals surface area contributed by atoms with Crippen molar-refractivity contribution < 1.29 is 0 Å².